The van der Waals surface area contributed by atoms with E-state index in [1.165, 1.54) is 0 Å². The highest BCUT2D eigenvalue weighted by atomic mass is 16.5. The number of carbonyl (C=O) groups excluding carboxylic acids is 1. The summed E-state index contributed by atoms with van der Waals surface area (Å²) in [5, 5.41) is 9.01. The van der Waals surface area contributed by atoms with Crippen LogP contribution in [0.25, 0.3) is 10.9 Å². The maximum absolute atomic E-state index is 11.2. The van der Waals surface area contributed by atoms with E-state index in [1.807, 2.05) is 23.7 Å². The molecule has 0 aliphatic rings. The predicted octanol–water partition coefficient (Wildman–Crippen LogP) is 2.10. The smallest absolute Gasteiger partial charge is 0.307 e. The van der Waals surface area contributed by atoms with Gasteiger partial charge in [-0.1, -0.05) is 18.2 Å². The number of nitrogens with one attached hydrogen (secondary N) is 1. The summed E-state index contributed by atoms with van der Waals surface area (Å²) in [7, 11) is 0. The summed E-state index contributed by atoms with van der Waals surface area (Å²) < 4.78 is 6.88. The van der Waals surface area contributed by atoms with Gasteiger partial charge in [-0.25, -0.2) is 0 Å². The number of carbonyl (C=O) groups is 1. The van der Waals surface area contributed by atoms with E-state index in [-0.39, 0.29) is 5.97 Å². The van der Waals surface area contributed by atoms with E-state index >= 15 is 0 Å². The first kappa shape index (κ1) is 14.5. The van der Waals surface area contributed by atoms with Crippen molar-refractivity contribution >= 4 is 16.9 Å². The van der Waals surface area contributed by atoms with Crippen LogP contribution >= 0.6 is 0 Å². The second kappa shape index (κ2) is 7.05. The highest BCUT2D eigenvalue weighted by Crippen LogP contribution is 2.18. The van der Waals surface area contributed by atoms with Crippen molar-refractivity contribution in [1.82, 2.24) is 15.1 Å². The Hall–Kier alpha value is -1.88. The Kier molecular flexibility index (Phi) is 5.12. The van der Waals surface area contributed by atoms with Crippen molar-refractivity contribution in [2.75, 3.05) is 13.2 Å². The lowest BCUT2D eigenvalue weighted by Crippen LogP contribution is -2.19. The lowest BCUT2D eigenvalue weighted by molar-refractivity contribution is -0.142. The Labute approximate surface area is 118 Å². The van der Waals surface area contributed by atoms with Crippen molar-refractivity contribution in [2.45, 2.75) is 33.4 Å². The minimum absolute atomic E-state index is 0.163. The van der Waals surface area contributed by atoms with Gasteiger partial charge >= 0.3 is 5.97 Å². The molecular weight excluding hydrogens is 254 g/mol. The Morgan fingerprint density at radius 2 is 2.15 bits per heavy atom. The van der Waals surface area contributed by atoms with Crippen molar-refractivity contribution in [1.29, 1.82) is 0 Å². The van der Waals surface area contributed by atoms with Crippen molar-refractivity contribution in [3.8, 4) is 0 Å². The number of ether oxygens (including phenoxy) is 1. The fourth-order valence-electron chi connectivity index (χ4n) is 2.20. The van der Waals surface area contributed by atoms with Gasteiger partial charge in [-0.2, -0.15) is 5.10 Å². The van der Waals surface area contributed by atoms with Crippen LogP contribution in [0.4, 0.5) is 0 Å². The Morgan fingerprint density at radius 3 is 2.90 bits per heavy atom. The average molecular weight is 275 g/mol. The largest absolute Gasteiger partial charge is 0.466 e. The molecule has 0 fully saturated rings. The summed E-state index contributed by atoms with van der Waals surface area (Å²) in [6.07, 6.45) is 0.389. The molecule has 0 aliphatic heterocycles. The molecule has 0 amide bonds. The molecule has 0 saturated heterocycles. The molecule has 0 aliphatic carbocycles. The molecule has 1 aromatic heterocycles. The van der Waals surface area contributed by atoms with Gasteiger partial charge in [-0.05, 0) is 19.9 Å². The van der Waals surface area contributed by atoms with E-state index < -0.39 is 0 Å². The Balaban J connectivity index is 1.95. The Morgan fingerprint density at radius 1 is 1.35 bits per heavy atom. The monoisotopic (exact) mass is 275 g/mol. The first-order chi connectivity index (χ1) is 9.76. The van der Waals surface area contributed by atoms with Crippen molar-refractivity contribution in [2.24, 2.45) is 0 Å². The normalized spacial score (nSPS) is 10.9. The van der Waals surface area contributed by atoms with Crippen LogP contribution in [0.15, 0.2) is 24.3 Å². The van der Waals surface area contributed by atoms with Gasteiger partial charge in [0.1, 0.15) is 0 Å². The van der Waals surface area contributed by atoms with Crippen molar-refractivity contribution < 1.29 is 9.53 Å². The standard InChI is InChI=1S/C15H21N3O2/c1-3-18-14-8-6-5-7-12(14)13(17-18)11-16-10-9-15(19)20-4-2/h5-8,16H,3-4,9-11H2,1-2H3. The zero-order chi connectivity index (χ0) is 14.4. The van der Waals surface area contributed by atoms with E-state index in [1.54, 1.807) is 0 Å². The quantitative estimate of drug-likeness (QED) is 0.621. The van der Waals surface area contributed by atoms with Gasteiger partial charge in [0.05, 0.1) is 24.2 Å². The number of fused-ring (bicyclic) bond motifs is 1. The fraction of sp³-hybridized carbons (Fsp3) is 0.467. The number of hydrogen-bond acceptors (Lipinski definition) is 4. The van der Waals surface area contributed by atoms with Gasteiger partial charge in [-0.3, -0.25) is 9.48 Å². The summed E-state index contributed by atoms with van der Waals surface area (Å²) in [5.74, 6) is -0.163. The first-order valence-electron chi connectivity index (χ1n) is 7.07. The molecule has 0 unspecified atom stereocenters. The number of nitrogens with zero attached hydrogens (tertiary/aromatic N) is 2. The molecule has 1 N–H and O–H groups in total. The summed E-state index contributed by atoms with van der Waals surface area (Å²) in [6.45, 7) is 6.44. The number of hydrogen-bond donors (Lipinski definition) is 1. The third-order valence-electron chi connectivity index (χ3n) is 3.14. The number of para-hydroxylation sites is 1. The maximum atomic E-state index is 11.2. The van der Waals surface area contributed by atoms with E-state index in [4.69, 9.17) is 4.74 Å². The molecule has 5 heteroatoms. The third-order valence-corrected chi connectivity index (χ3v) is 3.14. The van der Waals surface area contributed by atoms with Gasteiger partial charge in [0.2, 0.25) is 0 Å². The van der Waals surface area contributed by atoms with Crippen molar-refractivity contribution in [3.63, 3.8) is 0 Å². The second-order valence-electron chi connectivity index (χ2n) is 4.51. The molecule has 20 heavy (non-hydrogen) atoms. The van der Waals surface area contributed by atoms with E-state index in [2.05, 4.69) is 29.5 Å². The van der Waals surface area contributed by atoms with Crippen LogP contribution in [0.1, 0.15) is 26.0 Å². The molecule has 2 rings (SSSR count). The minimum Gasteiger partial charge on any atom is -0.466 e. The number of aromatic nitrogens is 2. The van der Waals surface area contributed by atoms with E-state index in [9.17, 15) is 4.79 Å². The van der Waals surface area contributed by atoms with E-state index in [0.29, 0.717) is 26.1 Å². The van der Waals surface area contributed by atoms with Crippen molar-refractivity contribution in [3.05, 3.63) is 30.0 Å². The van der Waals surface area contributed by atoms with Gasteiger partial charge in [0.15, 0.2) is 0 Å². The third kappa shape index (κ3) is 3.36. The maximum Gasteiger partial charge on any atom is 0.307 e. The summed E-state index contributed by atoms with van der Waals surface area (Å²) in [6, 6.07) is 8.20. The molecule has 0 spiro atoms. The molecule has 2 aromatic rings. The first-order valence-corrected chi connectivity index (χ1v) is 7.07. The van der Waals surface area contributed by atoms with Crippen LogP contribution in [0, 0.1) is 0 Å². The molecule has 108 valence electrons. The van der Waals surface area contributed by atoms with Gasteiger partial charge in [-0.15, -0.1) is 0 Å². The molecule has 1 heterocycles. The van der Waals surface area contributed by atoms with E-state index in [0.717, 1.165) is 23.1 Å². The Bertz CT molecular complexity index is 578. The van der Waals surface area contributed by atoms with Crippen LogP contribution in [0.2, 0.25) is 0 Å². The lowest BCUT2D eigenvalue weighted by Gasteiger charge is -2.03. The predicted molar refractivity (Wildman–Crippen MR) is 78.4 cm³/mol. The fourth-order valence-corrected chi connectivity index (χ4v) is 2.20. The molecule has 0 radical (unpaired) electrons. The molecule has 0 saturated carbocycles. The molecule has 0 atom stereocenters. The van der Waals surface area contributed by atoms with Gasteiger partial charge < -0.3 is 10.1 Å². The second-order valence-corrected chi connectivity index (χ2v) is 4.51. The topological polar surface area (TPSA) is 56.1 Å². The molecule has 1 aromatic carbocycles. The van der Waals surface area contributed by atoms with Gasteiger partial charge in [0.25, 0.3) is 0 Å². The average Bonchev–Trinajstić information content (AvgIpc) is 2.82. The van der Waals surface area contributed by atoms with Crippen LogP contribution in [0.3, 0.4) is 0 Å². The number of rotatable bonds is 7. The van der Waals surface area contributed by atoms with Gasteiger partial charge in [0, 0.05) is 25.0 Å². The molecule has 5 nitrogen and oxygen atoms in total. The number of aryl methyl sites for hydroxylation is 1. The summed E-state index contributed by atoms with van der Waals surface area (Å²) in [5.41, 5.74) is 2.17. The number of benzene rings is 1. The SMILES string of the molecule is CCOC(=O)CCNCc1nn(CC)c2ccccc12. The zero-order valence-corrected chi connectivity index (χ0v) is 12.1. The van der Waals surface area contributed by atoms with Crippen LogP contribution < -0.4 is 5.32 Å². The van der Waals surface area contributed by atoms with Crippen LogP contribution in [-0.2, 0) is 22.6 Å². The zero-order valence-electron chi connectivity index (χ0n) is 12.1. The molecule has 0 bridgehead atoms. The minimum atomic E-state index is -0.163. The highest BCUT2D eigenvalue weighted by molar-refractivity contribution is 5.81. The summed E-state index contributed by atoms with van der Waals surface area (Å²) >= 11 is 0. The highest BCUT2D eigenvalue weighted by Gasteiger charge is 2.08. The van der Waals surface area contributed by atoms with Crippen LogP contribution in [-0.4, -0.2) is 28.9 Å². The summed E-state index contributed by atoms with van der Waals surface area (Å²) in [4.78, 5) is 11.2. The lowest BCUT2D eigenvalue weighted by atomic mass is 10.2. The van der Waals surface area contributed by atoms with Crippen LogP contribution in [0.5, 0.6) is 0 Å². The number of esters is 1. The molecular formula is C15H21N3O2.